The predicted octanol–water partition coefficient (Wildman–Crippen LogP) is 5.01. The number of hydrogen-bond acceptors (Lipinski definition) is 6. The Balaban J connectivity index is 1.79. The number of aryl methyl sites for hydroxylation is 1. The standard InChI is InChI=1S/C19H16BrN3O2S/c1-11-15(12-4-2-3-5-14(12)25-11)17-18-16(13(20)10-26-18)21-19(22-17)23-6-8-24-9-7-23/h2-5,10H,6-9H2,1H3. The van der Waals surface area contributed by atoms with Gasteiger partial charge >= 0.3 is 0 Å². The van der Waals surface area contributed by atoms with Crippen molar-refractivity contribution in [2.75, 3.05) is 31.2 Å². The quantitative estimate of drug-likeness (QED) is 0.448. The number of furan rings is 1. The van der Waals surface area contributed by atoms with Gasteiger partial charge in [0, 0.05) is 23.9 Å². The van der Waals surface area contributed by atoms with Gasteiger partial charge in [0.25, 0.3) is 0 Å². The van der Waals surface area contributed by atoms with Crippen LogP contribution in [0.4, 0.5) is 5.95 Å². The van der Waals surface area contributed by atoms with E-state index in [-0.39, 0.29) is 0 Å². The van der Waals surface area contributed by atoms with Crippen LogP contribution < -0.4 is 4.90 Å². The summed E-state index contributed by atoms with van der Waals surface area (Å²) in [4.78, 5) is 12.0. The molecule has 5 nitrogen and oxygen atoms in total. The van der Waals surface area contributed by atoms with E-state index in [4.69, 9.17) is 19.1 Å². The minimum absolute atomic E-state index is 0.704. The smallest absolute Gasteiger partial charge is 0.226 e. The van der Waals surface area contributed by atoms with Gasteiger partial charge < -0.3 is 14.1 Å². The van der Waals surface area contributed by atoms with Gasteiger partial charge in [0.15, 0.2) is 0 Å². The molecule has 1 saturated heterocycles. The van der Waals surface area contributed by atoms with Crippen molar-refractivity contribution in [3.8, 4) is 11.3 Å². The van der Waals surface area contributed by atoms with Crippen LogP contribution >= 0.6 is 27.3 Å². The van der Waals surface area contributed by atoms with E-state index in [0.717, 1.165) is 61.7 Å². The Bertz CT molecular complexity index is 1110. The molecular formula is C19H16BrN3O2S. The summed E-state index contributed by atoms with van der Waals surface area (Å²) in [6, 6.07) is 8.11. The Morgan fingerprint density at radius 1 is 1.15 bits per heavy atom. The largest absolute Gasteiger partial charge is 0.461 e. The summed E-state index contributed by atoms with van der Waals surface area (Å²) >= 11 is 5.30. The lowest BCUT2D eigenvalue weighted by Crippen LogP contribution is -2.37. The lowest BCUT2D eigenvalue weighted by atomic mass is 10.1. The molecule has 3 aromatic heterocycles. The highest BCUT2D eigenvalue weighted by molar-refractivity contribution is 9.10. The van der Waals surface area contributed by atoms with Crippen LogP contribution in [0.2, 0.25) is 0 Å². The van der Waals surface area contributed by atoms with E-state index >= 15 is 0 Å². The number of para-hydroxylation sites is 1. The number of nitrogens with zero attached hydrogens (tertiary/aromatic N) is 3. The molecule has 0 saturated carbocycles. The number of morpholine rings is 1. The van der Waals surface area contributed by atoms with Crippen molar-refractivity contribution in [3.05, 3.63) is 39.9 Å². The van der Waals surface area contributed by atoms with Crippen molar-refractivity contribution in [2.45, 2.75) is 6.92 Å². The van der Waals surface area contributed by atoms with Crippen molar-refractivity contribution in [3.63, 3.8) is 0 Å². The second kappa shape index (κ2) is 6.33. The van der Waals surface area contributed by atoms with E-state index in [1.807, 2.05) is 25.1 Å². The summed E-state index contributed by atoms with van der Waals surface area (Å²) in [6.07, 6.45) is 0. The lowest BCUT2D eigenvalue weighted by Gasteiger charge is -2.27. The van der Waals surface area contributed by atoms with E-state index in [2.05, 4.69) is 32.3 Å². The maximum atomic E-state index is 5.99. The molecule has 26 heavy (non-hydrogen) atoms. The van der Waals surface area contributed by atoms with Crippen LogP contribution in [-0.2, 0) is 4.74 Å². The fourth-order valence-electron chi connectivity index (χ4n) is 3.41. The van der Waals surface area contributed by atoms with Crippen LogP contribution in [0.25, 0.3) is 32.4 Å². The Morgan fingerprint density at radius 3 is 2.81 bits per heavy atom. The van der Waals surface area contributed by atoms with Crippen molar-refractivity contribution >= 4 is 54.4 Å². The fraction of sp³-hybridized carbons (Fsp3) is 0.263. The van der Waals surface area contributed by atoms with E-state index < -0.39 is 0 Å². The topological polar surface area (TPSA) is 51.4 Å². The molecule has 1 aliphatic heterocycles. The molecule has 0 bridgehead atoms. The maximum Gasteiger partial charge on any atom is 0.226 e. The molecule has 4 heterocycles. The summed E-state index contributed by atoms with van der Waals surface area (Å²) in [6.45, 7) is 5.01. The number of halogens is 1. The van der Waals surface area contributed by atoms with E-state index in [0.29, 0.717) is 13.2 Å². The average molecular weight is 430 g/mol. The Hall–Kier alpha value is -1.96. The third kappa shape index (κ3) is 2.53. The number of aromatic nitrogens is 2. The number of thiophene rings is 1. The second-order valence-electron chi connectivity index (χ2n) is 6.26. The highest BCUT2D eigenvalue weighted by atomic mass is 79.9. The highest BCUT2D eigenvalue weighted by Gasteiger charge is 2.23. The third-order valence-electron chi connectivity index (χ3n) is 4.66. The molecule has 4 aromatic rings. The van der Waals surface area contributed by atoms with Crippen LogP contribution in [0.15, 0.2) is 38.5 Å². The molecule has 1 fully saturated rings. The van der Waals surface area contributed by atoms with Crippen LogP contribution in [0.5, 0.6) is 0 Å². The molecular weight excluding hydrogens is 414 g/mol. The van der Waals surface area contributed by atoms with Gasteiger partial charge in [-0.3, -0.25) is 0 Å². The fourth-order valence-corrected chi connectivity index (χ4v) is 4.97. The van der Waals surface area contributed by atoms with E-state index in [1.54, 1.807) is 11.3 Å². The zero-order chi connectivity index (χ0) is 17.7. The van der Waals surface area contributed by atoms with Crippen molar-refractivity contribution in [1.29, 1.82) is 0 Å². The molecule has 0 spiro atoms. The van der Waals surface area contributed by atoms with Gasteiger partial charge in [-0.05, 0) is 28.9 Å². The molecule has 0 atom stereocenters. The first kappa shape index (κ1) is 16.2. The number of ether oxygens (including phenoxy) is 1. The van der Waals surface area contributed by atoms with Gasteiger partial charge in [0.05, 0.1) is 33.6 Å². The Labute approximate surface area is 162 Å². The highest BCUT2D eigenvalue weighted by Crippen LogP contribution is 2.41. The van der Waals surface area contributed by atoms with Crippen LogP contribution in [0, 0.1) is 6.92 Å². The molecule has 1 aliphatic rings. The SMILES string of the molecule is Cc1oc2ccccc2c1-c1nc(N2CCOCC2)nc2c(Br)csc12. The zero-order valence-electron chi connectivity index (χ0n) is 14.2. The second-order valence-corrected chi connectivity index (χ2v) is 8.00. The first-order valence-electron chi connectivity index (χ1n) is 8.48. The Morgan fingerprint density at radius 2 is 1.96 bits per heavy atom. The number of rotatable bonds is 2. The summed E-state index contributed by atoms with van der Waals surface area (Å²) < 4.78 is 13.5. The van der Waals surface area contributed by atoms with Gasteiger partial charge in [0.2, 0.25) is 5.95 Å². The van der Waals surface area contributed by atoms with E-state index in [9.17, 15) is 0 Å². The van der Waals surface area contributed by atoms with Crippen LogP contribution in [0.3, 0.4) is 0 Å². The van der Waals surface area contributed by atoms with Gasteiger partial charge in [0.1, 0.15) is 16.9 Å². The summed E-state index contributed by atoms with van der Waals surface area (Å²) in [7, 11) is 0. The van der Waals surface area contributed by atoms with Crippen molar-refractivity contribution in [2.24, 2.45) is 0 Å². The van der Waals surface area contributed by atoms with Crippen molar-refractivity contribution in [1.82, 2.24) is 9.97 Å². The summed E-state index contributed by atoms with van der Waals surface area (Å²) in [5, 5.41) is 3.16. The molecule has 132 valence electrons. The molecule has 7 heteroatoms. The number of anilines is 1. The van der Waals surface area contributed by atoms with Gasteiger partial charge in [-0.1, -0.05) is 18.2 Å². The number of benzene rings is 1. The van der Waals surface area contributed by atoms with E-state index in [1.165, 1.54) is 0 Å². The molecule has 0 unspecified atom stereocenters. The zero-order valence-corrected chi connectivity index (χ0v) is 16.6. The van der Waals surface area contributed by atoms with Gasteiger partial charge in [-0.2, -0.15) is 0 Å². The minimum atomic E-state index is 0.704. The molecule has 0 radical (unpaired) electrons. The monoisotopic (exact) mass is 429 g/mol. The number of hydrogen-bond donors (Lipinski definition) is 0. The minimum Gasteiger partial charge on any atom is -0.461 e. The molecule has 0 aliphatic carbocycles. The molecule has 0 N–H and O–H groups in total. The molecule has 0 amide bonds. The van der Waals surface area contributed by atoms with Crippen LogP contribution in [0.1, 0.15) is 5.76 Å². The third-order valence-corrected chi connectivity index (χ3v) is 6.55. The molecule has 5 rings (SSSR count). The predicted molar refractivity (Wildman–Crippen MR) is 108 cm³/mol. The summed E-state index contributed by atoms with van der Waals surface area (Å²) in [5.41, 5.74) is 3.83. The summed E-state index contributed by atoms with van der Waals surface area (Å²) in [5.74, 6) is 1.63. The Kier molecular flexibility index (Phi) is 3.95. The van der Waals surface area contributed by atoms with Crippen LogP contribution in [-0.4, -0.2) is 36.3 Å². The van der Waals surface area contributed by atoms with Gasteiger partial charge in [-0.15, -0.1) is 11.3 Å². The maximum absolute atomic E-state index is 5.99. The van der Waals surface area contributed by atoms with Crippen molar-refractivity contribution < 1.29 is 9.15 Å². The first-order chi connectivity index (χ1) is 12.7. The lowest BCUT2D eigenvalue weighted by molar-refractivity contribution is 0.122. The number of fused-ring (bicyclic) bond motifs is 2. The normalized spacial score (nSPS) is 15.2. The van der Waals surface area contributed by atoms with Gasteiger partial charge in [-0.25, -0.2) is 9.97 Å². The molecule has 1 aromatic carbocycles. The first-order valence-corrected chi connectivity index (χ1v) is 10.2. The average Bonchev–Trinajstić information content (AvgIpc) is 3.21.